The Morgan fingerprint density at radius 3 is 3.09 bits per heavy atom. The SMILES string of the molecule is CC1CC(NC(=O)c2cc(Cl)ccc2-n2cnnn2)CCN1. The summed E-state index contributed by atoms with van der Waals surface area (Å²) in [5.74, 6) is -0.160. The fraction of sp³-hybridized carbons (Fsp3) is 0.429. The second kappa shape index (κ2) is 6.41. The van der Waals surface area contributed by atoms with Crippen LogP contribution in [0.4, 0.5) is 0 Å². The smallest absolute Gasteiger partial charge is 0.253 e. The number of nitrogens with zero attached hydrogens (tertiary/aromatic N) is 4. The van der Waals surface area contributed by atoms with Crippen LogP contribution in [0.1, 0.15) is 30.1 Å². The topological polar surface area (TPSA) is 84.7 Å². The maximum atomic E-state index is 12.6. The predicted molar refractivity (Wildman–Crippen MR) is 82.1 cm³/mol. The fourth-order valence-electron chi connectivity index (χ4n) is 2.69. The van der Waals surface area contributed by atoms with E-state index in [1.54, 1.807) is 18.2 Å². The van der Waals surface area contributed by atoms with E-state index in [0.29, 0.717) is 22.3 Å². The van der Waals surface area contributed by atoms with Crippen LogP contribution in [-0.2, 0) is 0 Å². The summed E-state index contributed by atoms with van der Waals surface area (Å²) in [7, 11) is 0. The highest BCUT2D eigenvalue weighted by Crippen LogP contribution is 2.20. The Bertz CT molecular complexity index is 659. The molecule has 116 valence electrons. The molecule has 0 radical (unpaired) electrons. The second-order valence-corrected chi connectivity index (χ2v) is 5.90. The van der Waals surface area contributed by atoms with E-state index in [4.69, 9.17) is 11.6 Å². The fourth-order valence-corrected chi connectivity index (χ4v) is 2.86. The molecule has 22 heavy (non-hydrogen) atoms. The van der Waals surface area contributed by atoms with Crippen molar-refractivity contribution in [1.82, 2.24) is 30.8 Å². The van der Waals surface area contributed by atoms with Crippen molar-refractivity contribution in [2.24, 2.45) is 0 Å². The number of carbonyl (C=O) groups is 1. The first-order valence-electron chi connectivity index (χ1n) is 7.20. The lowest BCUT2D eigenvalue weighted by Crippen LogP contribution is -2.46. The molecule has 2 unspecified atom stereocenters. The minimum atomic E-state index is -0.160. The van der Waals surface area contributed by atoms with Crippen LogP contribution < -0.4 is 10.6 Å². The Kier molecular flexibility index (Phi) is 4.35. The highest BCUT2D eigenvalue weighted by molar-refractivity contribution is 6.31. The summed E-state index contributed by atoms with van der Waals surface area (Å²) in [5, 5.41) is 18.0. The van der Waals surface area contributed by atoms with Gasteiger partial charge in [0, 0.05) is 17.1 Å². The first kappa shape index (κ1) is 14.9. The Balaban J connectivity index is 1.84. The first-order chi connectivity index (χ1) is 10.6. The number of hydrogen-bond acceptors (Lipinski definition) is 5. The van der Waals surface area contributed by atoms with Crippen LogP contribution >= 0.6 is 11.6 Å². The summed E-state index contributed by atoms with van der Waals surface area (Å²) in [4.78, 5) is 12.6. The number of rotatable bonds is 3. The summed E-state index contributed by atoms with van der Waals surface area (Å²) >= 11 is 6.04. The van der Waals surface area contributed by atoms with Gasteiger partial charge in [-0.15, -0.1) is 5.10 Å². The van der Waals surface area contributed by atoms with Crippen molar-refractivity contribution in [3.63, 3.8) is 0 Å². The quantitative estimate of drug-likeness (QED) is 0.887. The van der Waals surface area contributed by atoms with E-state index in [-0.39, 0.29) is 11.9 Å². The molecular weight excluding hydrogens is 304 g/mol. The van der Waals surface area contributed by atoms with Crippen molar-refractivity contribution in [3.8, 4) is 5.69 Å². The lowest BCUT2D eigenvalue weighted by atomic mass is 10.00. The van der Waals surface area contributed by atoms with Crippen LogP contribution in [0.5, 0.6) is 0 Å². The van der Waals surface area contributed by atoms with Crippen LogP contribution in [0.15, 0.2) is 24.5 Å². The van der Waals surface area contributed by atoms with Crippen LogP contribution in [0, 0.1) is 0 Å². The predicted octanol–water partition coefficient (Wildman–Crippen LogP) is 1.19. The molecule has 3 rings (SSSR count). The molecule has 2 atom stereocenters. The molecule has 0 bridgehead atoms. The maximum absolute atomic E-state index is 12.6. The van der Waals surface area contributed by atoms with Gasteiger partial charge in [-0.05, 0) is 54.9 Å². The van der Waals surface area contributed by atoms with Crippen LogP contribution in [0.2, 0.25) is 5.02 Å². The molecule has 0 aliphatic carbocycles. The van der Waals surface area contributed by atoms with Gasteiger partial charge in [-0.3, -0.25) is 4.79 Å². The molecule has 2 aromatic rings. The van der Waals surface area contributed by atoms with Crippen molar-refractivity contribution < 1.29 is 4.79 Å². The van der Waals surface area contributed by atoms with E-state index in [9.17, 15) is 4.79 Å². The van der Waals surface area contributed by atoms with Gasteiger partial charge in [-0.1, -0.05) is 11.6 Å². The third kappa shape index (κ3) is 3.26. The van der Waals surface area contributed by atoms with E-state index in [2.05, 4.69) is 33.1 Å². The maximum Gasteiger partial charge on any atom is 0.253 e. The van der Waals surface area contributed by atoms with E-state index >= 15 is 0 Å². The average Bonchev–Trinajstić information content (AvgIpc) is 3.01. The van der Waals surface area contributed by atoms with Gasteiger partial charge in [0.05, 0.1) is 11.3 Å². The molecule has 1 saturated heterocycles. The monoisotopic (exact) mass is 320 g/mol. The van der Waals surface area contributed by atoms with Crippen LogP contribution in [0.3, 0.4) is 0 Å². The van der Waals surface area contributed by atoms with Crippen LogP contribution in [0.25, 0.3) is 5.69 Å². The largest absolute Gasteiger partial charge is 0.349 e. The van der Waals surface area contributed by atoms with Gasteiger partial charge < -0.3 is 10.6 Å². The van der Waals surface area contributed by atoms with E-state index < -0.39 is 0 Å². The third-order valence-electron chi connectivity index (χ3n) is 3.76. The third-order valence-corrected chi connectivity index (χ3v) is 3.99. The number of amides is 1. The molecule has 7 nitrogen and oxygen atoms in total. The molecule has 2 heterocycles. The normalized spacial score (nSPS) is 21.5. The molecule has 1 aliphatic rings. The van der Waals surface area contributed by atoms with Gasteiger partial charge in [0.2, 0.25) is 0 Å². The number of hydrogen-bond donors (Lipinski definition) is 2. The number of piperidine rings is 1. The Morgan fingerprint density at radius 2 is 2.36 bits per heavy atom. The summed E-state index contributed by atoms with van der Waals surface area (Å²) in [6.45, 7) is 3.02. The molecule has 1 aromatic heterocycles. The highest BCUT2D eigenvalue weighted by Gasteiger charge is 2.22. The van der Waals surface area contributed by atoms with Crippen molar-refractivity contribution in [2.75, 3.05) is 6.54 Å². The highest BCUT2D eigenvalue weighted by atomic mass is 35.5. The zero-order valence-electron chi connectivity index (χ0n) is 12.2. The van der Waals surface area contributed by atoms with Gasteiger partial charge in [0.25, 0.3) is 5.91 Å². The number of nitrogens with one attached hydrogen (secondary N) is 2. The molecule has 1 fully saturated rings. The van der Waals surface area contributed by atoms with Gasteiger partial charge in [-0.2, -0.15) is 4.68 Å². The lowest BCUT2D eigenvalue weighted by molar-refractivity contribution is 0.0925. The molecule has 0 saturated carbocycles. The standard InChI is InChI=1S/C14H17ClN6O/c1-9-6-11(4-5-16-9)18-14(22)12-7-10(15)2-3-13(12)21-8-17-19-20-21/h2-3,7-9,11,16H,4-6H2,1H3,(H,18,22). The number of tetrazole rings is 1. The molecule has 8 heteroatoms. The molecule has 1 amide bonds. The van der Waals surface area contributed by atoms with Crippen molar-refractivity contribution in [2.45, 2.75) is 31.8 Å². The van der Waals surface area contributed by atoms with Crippen molar-refractivity contribution >= 4 is 17.5 Å². The minimum Gasteiger partial charge on any atom is -0.349 e. The van der Waals surface area contributed by atoms with Gasteiger partial charge in [0.15, 0.2) is 0 Å². The Hall–Kier alpha value is -1.99. The molecule has 2 N–H and O–H groups in total. The van der Waals surface area contributed by atoms with Gasteiger partial charge >= 0.3 is 0 Å². The summed E-state index contributed by atoms with van der Waals surface area (Å²) in [6.07, 6.45) is 3.27. The van der Waals surface area contributed by atoms with Crippen molar-refractivity contribution in [3.05, 3.63) is 35.1 Å². The second-order valence-electron chi connectivity index (χ2n) is 5.47. The number of carbonyl (C=O) groups excluding carboxylic acids is 1. The zero-order chi connectivity index (χ0) is 15.5. The van der Waals surface area contributed by atoms with Crippen molar-refractivity contribution in [1.29, 1.82) is 0 Å². The van der Waals surface area contributed by atoms with Gasteiger partial charge in [-0.25, -0.2) is 0 Å². The van der Waals surface area contributed by atoms with E-state index in [0.717, 1.165) is 19.4 Å². The Morgan fingerprint density at radius 1 is 1.50 bits per heavy atom. The molecular formula is C14H17ClN6O. The van der Waals surface area contributed by atoms with Gasteiger partial charge in [0.1, 0.15) is 6.33 Å². The number of halogens is 1. The molecule has 1 aliphatic heterocycles. The number of benzene rings is 1. The molecule has 0 spiro atoms. The lowest BCUT2D eigenvalue weighted by Gasteiger charge is -2.28. The molecule has 1 aromatic carbocycles. The first-order valence-corrected chi connectivity index (χ1v) is 7.58. The summed E-state index contributed by atoms with van der Waals surface area (Å²) in [6, 6.07) is 5.64. The summed E-state index contributed by atoms with van der Waals surface area (Å²) < 4.78 is 1.45. The van der Waals surface area contributed by atoms with E-state index in [1.165, 1.54) is 11.0 Å². The summed E-state index contributed by atoms with van der Waals surface area (Å²) in [5.41, 5.74) is 1.07. The average molecular weight is 321 g/mol. The van der Waals surface area contributed by atoms with Crippen LogP contribution in [-0.4, -0.2) is 44.7 Å². The Labute approximate surface area is 133 Å². The zero-order valence-corrected chi connectivity index (χ0v) is 12.9. The number of aromatic nitrogens is 4. The minimum absolute atomic E-state index is 0.157. The van der Waals surface area contributed by atoms with E-state index in [1.807, 2.05) is 0 Å².